The van der Waals surface area contributed by atoms with Gasteiger partial charge in [-0.1, -0.05) is 13.8 Å². The lowest BCUT2D eigenvalue weighted by Crippen LogP contribution is -2.20. The maximum atomic E-state index is 5.86. The van der Waals surface area contributed by atoms with Gasteiger partial charge in [0.25, 0.3) is 0 Å². The van der Waals surface area contributed by atoms with Crippen molar-refractivity contribution in [3.05, 3.63) is 12.2 Å². The predicted molar refractivity (Wildman–Crippen MR) is 42.8 cm³/mol. The molecule has 62 valence electrons. The van der Waals surface area contributed by atoms with Gasteiger partial charge in [0.2, 0.25) is 0 Å². The van der Waals surface area contributed by atoms with Crippen LogP contribution in [-0.2, 0) is 7.05 Å². The van der Waals surface area contributed by atoms with Crippen molar-refractivity contribution in [3.8, 4) is 0 Å². The Morgan fingerprint density at radius 3 is 2.55 bits per heavy atom. The number of hydrogen-bond donors (Lipinski definition) is 1. The summed E-state index contributed by atoms with van der Waals surface area (Å²) in [4.78, 5) is 4.06. The molecule has 0 aliphatic rings. The number of nitrogens with zero attached hydrogens (tertiary/aromatic N) is 3. The van der Waals surface area contributed by atoms with Crippen LogP contribution in [0.1, 0.15) is 25.7 Å². The molecule has 4 heteroatoms. The number of aryl methyl sites for hydroxylation is 1. The van der Waals surface area contributed by atoms with Crippen LogP contribution in [0.15, 0.2) is 6.33 Å². The van der Waals surface area contributed by atoms with Crippen LogP contribution in [0, 0.1) is 5.92 Å². The standard InChI is InChI=1S/C7H14N4/c1-5(2)6(8)7-9-4-10-11(7)3/h4-6H,8H2,1-3H3/t6-/m1/s1. The first-order chi connectivity index (χ1) is 5.13. The fourth-order valence-electron chi connectivity index (χ4n) is 0.905. The molecule has 0 spiro atoms. The molecule has 0 aromatic carbocycles. The molecule has 2 N–H and O–H groups in total. The van der Waals surface area contributed by atoms with E-state index in [2.05, 4.69) is 23.9 Å². The highest BCUT2D eigenvalue weighted by atomic mass is 15.3. The third-order valence-corrected chi connectivity index (χ3v) is 1.76. The summed E-state index contributed by atoms with van der Waals surface area (Å²) in [7, 11) is 1.85. The van der Waals surface area contributed by atoms with Crippen LogP contribution in [0.5, 0.6) is 0 Å². The van der Waals surface area contributed by atoms with Crippen LogP contribution in [0.4, 0.5) is 0 Å². The third-order valence-electron chi connectivity index (χ3n) is 1.76. The molecule has 1 aromatic heterocycles. The highest BCUT2D eigenvalue weighted by Gasteiger charge is 2.14. The van der Waals surface area contributed by atoms with Crippen molar-refractivity contribution >= 4 is 0 Å². The Labute approximate surface area is 66.4 Å². The molecule has 4 nitrogen and oxygen atoms in total. The Hall–Kier alpha value is -0.900. The van der Waals surface area contributed by atoms with Crippen molar-refractivity contribution in [2.24, 2.45) is 18.7 Å². The van der Waals surface area contributed by atoms with Gasteiger partial charge in [-0.3, -0.25) is 4.68 Å². The molecular formula is C7H14N4. The second-order valence-corrected chi connectivity index (χ2v) is 3.01. The first-order valence-electron chi connectivity index (χ1n) is 3.72. The highest BCUT2D eigenvalue weighted by molar-refractivity contribution is 4.93. The van der Waals surface area contributed by atoms with Gasteiger partial charge < -0.3 is 5.73 Å². The average Bonchev–Trinajstić information content (AvgIpc) is 2.33. The van der Waals surface area contributed by atoms with E-state index in [0.717, 1.165) is 5.82 Å². The van der Waals surface area contributed by atoms with Crippen LogP contribution in [0.25, 0.3) is 0 Å². The molecule has 1 atom stereocenters. The van der Waals surface area contributed by atoms with E-state index in [1.807, 2.05) is 7.05 Å². The molecule has 0 amide bonds. The van der Waals surface area contributed by atoms with Gasteiger partial charge in [0, 0.05) is 7.05 Å². The van der Waals surface area contributed by atoms with Crippen molar-refractivity contribution in [1.29, 1.82) is 0 Å². The second kappa shape index (κ2) is 3.00. The zero-order valence-corrected chi connectivity index (χ0v) is 7.15. The molecule has 0 saturated heterocycles. The molecule has 0 bridgehead atoms. The Balaban J connectivity index is 2.84. The van der Waals surface area contributed by atoms with Gasteiger partial charge in [-0.15, -0.1) is 0 Å². The van der Waals surface area contributed by atoms with Crippen LogP contribution in [0.2, 0.25) is 0 Å². The van der Waals surface area contributed by atoms with Gasteiger partial charge in [-0.2, -0.15) is 5.10 Å². The molecule has 1 rings (SSSR count). The second-order valence-electron chi connectivity index (χ2n) is 3.01. The monoisotopic (exact) mass is 154 g/mol. The summed E-state index contributed by atoms with van der Waals surface area (Å²) < 4.78 is 1.71. The quantitative estimate of drug-likeness (QED) is 0.673. The lowest BCUT2D eigenvalue weighted by atomic mass is 10.1. The van der Waals surface area contributed by atoms with Crippen LogP contribution in [0.3, 0.4) is 0 Å². The SMILES string of the molecule is CC(C)[C@@H](N)c1ncnn1C. The summed E-state index contributed by atoms with van der Waals surface area (Å²) in [5.74, 6) is 1.25. The summed E-state index contributed by atoms with van der Waals surface area (Å²) in [6.45, 7) is 4.14. The number of hydrogen-bond acceptors (Lipinski definition) is 3. The minimum atomic E-state index is -0.0116. The Morgan fingerprint density at radius 2 is 2.18 bits per heavy atom. The van der Waals surface area contributed by atoms with E-state index in [-0.39, 0.29) is 6.04 Å². The fourth-order valence-corrected chi connectivity index (χ4v) is 0.905. The van der Waals surface area contributed by atoms with Crippen molar-refractivity contribution in [3.63, 3.8) is 0 Å². The molecule has 0 fully saturated rings. The van der Waals surface area contributed by atoms with Crippen molar-refractivity contribution in [2.45, 2.75) is 19.9 Å². The van der Waals surface area contributed by atoms with Gasteiger partial charge in [0.15, 0.2) is 0 Å². The van der Waals surface area contributed by atoms with E-state index < -0.39 is 0 Å². The molecule has 0 radical (unpaired) electrons. The lowest BCUT2D eigenvalue weighted by Gasteiger charge is -2.13. The Bertz CT molecular complexity index is 228. The number of nitrogens with two attached hydrogens (primary N) is 1. The highest BCUT2D eigenvalue weighted by Crippen LogP contribution is 2.14. The minimum absolute atomic E-state index is 0.0116. The van der Waals surface area contributed by atoms with E-state index in [0.29, 0.717) is 5.92 Å². The van der Waals surface area contributed by atoms with Gasteiger partial charge >= 0.3 is 0 Å². The molecule has 0 aliphatic carbocycles. The van der Waals surface area contributed by atoms with Gasteiger partial charge in [-0.05, 0) is 5.92 Å². The Kier molecular flexibility index (Phi) is 2.24. The summed E-state index contributed by atoms with van der Waals surface area (Å²) >= 11 is 0. The average molecular weight is 154 g/mol. The van der Waals surface area contributed by atoms with Gasteiger partial charge in [0.1, 0.15) is 12.2 Å². The molecule has 0 unspecified atom stereocenters. The smallest absolute Gasteiger partial charge is 0.143 e. The summed E-state index contributed by atoms with van der Waals surface area (Å²) in [5, 5.41) is 3.95. The van der Waals surface area contributed by atoms with Crippen molar-refractivity contribution in [2.75, 3.05) is 0 Å². The van der Waals surface area contributed by atoms with E-state index in [1.165, 1.54) is 6.33 Å². The zero-order valence-electron chi connectivity index (χ0n) is 7.15. The lowest BCUT2D eigenvalue weighted by molar-refractivity contribution is 0.469. The third kappa shape index (κ3) is 1.57. The van der Waals surface area contributed by atoms with E-state index in [4.69, 9.17) is 5.73 Å². The molecule has 11 heavy (non-hydrogen) atoms. The Morgan fingerprint density at radius 1 is 1.55 bits per heavy atom. The van der Waals surface area contributed by atoms with Crippen LogP contribution in [-0.4, -0.2) is 14.8 Å². The normalized spacial score (nSPS) is 13.9. The molecule has 0 aliphatic heterocycles. The first kappa shape index (κ1) is 8.20. The van der Waals surface area contributed by atoms with E-state index in [1.54, 1.807) is 4.68 Å². The first-order valence-corrected chi connectivity index (χ1v) is 3.72. The van der Waals surface area contributed by atoms with Crippen LogP contribution >= 0.6 is 0 Å². The van der Waals surface area contributed by atoms with Crippen molar-refractivity contribution in [1.82, 2.24) is 14.8 Å². The number of aromatic nitrogens is 3. The maximum Gasteiger partial charge on any atom is 0.143 e. The largest absolute Gasteiger partial charge is 0.321 e. The zero-order chi connectivity index (χ0) is 8.43. The minimum Gasteiger partial charge on any atom is -0.321 e. The van der Waals surface area contributed by atoms with Crippen LogP contribution < -0.4 is 5.73 Å². The van der Waals surface area contributed by atoms with E-state index in [9.17, 15) is 0 Å². The maximum absolute atomic E-state index is 5.86. The summed E-state index contributed by atoms with van der Waals surface area (Å²) in [6.07, 6.45) is 1.53. The van der Waals surface area contributed by atoms with Gasteiger partial charge in [0.05, 0.1) is 6.04 Å². The summed E-state index contributed by atoms with van der Waals surface area (Å²) in [6, 6.07) is -0.0116. The fraction of sp³-hybridized carbons (Fsp3) is 0.714. The topological polar surface area (TPSA) is 56.7 Å². The number of rotatable bonds is 2. The molecule has 1 aromatic rings. The predicted octanol–water partition coefficient (Wildman–Crippen LogP) is 0.471. The molecule has 1 heterocycles. The summed E-state index contributed by atoms with van der Waals surface area (Å²) in [5.41, 5.74) is 5.86. The molecular weight excluding hydrogens is 140 g/mol. The van der Waals surface area contributed by atoms with Crippen molar-refractivity contribution < 1.29 is 0 Å². The van der Waals surface area contributed by atoms with E-state index >= 15 is 0 Å². The van der Waals surface area contributed by atoms with Gasteiger partial charge in [-0.25, -0.2) is 4.98 Å². The molecule has 0 saturated carbocycles.